The van der Waals surface area contributed by atoms with E-state index in [-0.39, 0.29) is 22.0 Å². The van der Waals surface area contributed by atoms with Gasteiger partial charge >= 0.3 is 5.97 Å². The Labute approximate surface area is 206 Å². The summed E-state index contributed by atoms with van der Waals surface area (Å²) in [6.45, 7) is 7.77. The highest BCUT2D eigenvalue weighted by Crippen LogP contribution is 2.34. The third-order valence-corrected chi connectivity index (χ3v) is 6.27. The van der Waals surface area contributed by atoms with Crippen LogP contribution < -0.4 is 5.73 Å². The molecule has 0 unspecified atom stereocenters. The lowest BCUT2D eigenvalue weighted by molar-refractivity contribution is -0.135. The van der Waals surface area contributed by atoms with Crippen molar-refractivity contribution in [2.24, 2.45) is 15.7 Å². The third-order valence-electron chi connectivity index (χ3n) is 5.30. The number of benzene rings is 2. The maximum Gasteiger partial charge on any atom is 0.331 e. The second kappa shape index (κ2) is 9.67. The molecule has 0 saturated carbocycles. The van der Waals surface area contributed by atoms with Crippen molar-refractivity contribution >= 4 is 57.3 Å². The van der Waals surface area contributed by atoms with Gasteiger partial charge in [0.2, 0.25) is 5.96 Å². The number of esters is 1. The van der Waals surface area contributed by atoms with E-state index in [0.717, 1.165) is 50.5 Å². The van der Waals surface area contributed by atoms with Crippen LogP contribution in [0.3, 0.4) is 0 Å². The van der Waals surface area contributed by atoms with Gasteiger partial charge in [0.15, 0.2) is 5.17 Å². The van der Waals surface area contributed by atoms with E-state index in [9.17, 15) is 9.59 Å². The summed E-state index contributed by atoms with van der Waals surface area (Å²) in [4.78, 5) is 44.2. The van der Waals surface area contributed by atoms with Crippen LogP contribution in [0.5, 0.6) is 0 Å². The molecule has 1 aliphatic heterocycles. The summed E-state index contributed by atoms with van der Waals surface area (Å²) in [5, 5.41) is 1.17. The highest BCUT2D eigenvalue weighted by molar-refractivity contribution is 8.18. The summed E-state index contributed by atoms with van der Waals surface area (Å²) in [5.41, 5.74) is 11.5. The topological polar surface area (TPSA) is 123 Å². The molecular formula is C25H24N6O3S. The number of thioether (sulfide) groups is 1. The number of nitrogens with zero attached hydrogens (tertiary/aromatic N) is 5. The Morgan fingerprint density at radius 1 is 1.09 bits per heavy atom. The van der Waals surface area contributed by atoms with Crippen LogP contribution in [0.25, 0.3) is 10.9 Å². The molecule has 178 valence electrons. The van der Waals surface area contributed by atoms with Crippen LogP contribution in [0, 0.1) is 27.7 Å². The Morgan fingerprint density at radius 3 is 2.51 bits per heavy atom. The number of methoxy groups -OCH3 is 1. The highest BCUT2D eigenvalue weighted by Gasteiger charge is 2.37. The van der Waals surface area contributed by atoms with E-state index in [1.807, 2.05) is 64.1 Å². The predicted octanol–water partition coefficient (Wildman–Crippen LogP) is 4.13. The fraction of sp³-hybridized carbons (Fsp3) is 0.200. The van der Waals surface area contributed by atoms with Crippen molar-refractivity contribution < 1.29 is 14.3 Å². The molecule has 0 radical (unpaired) electrons. The molecule has 35 heavy (non-hydrogen) atoms. The first kappa shape index (κ1) is 24.1. The first-order valence-electron chi connectivity index (χ1n) is 10.7. The summed E-state index contributed by atoms with van der Waals surface area (Å²) >= 11 is 1.01. The van der Waals surface area contributed by atoms with E-state index >= 15 is 0 Å². The molecule has 1 aromatic heterocycles. The lowest BCUT2D eigenvalue weighted by Gasteiger charge is -2.14. The molecule has 2 heterocycles. The molecular weight excluding hydrogens is 464 g/mol. The number of carbonyl (C=O) groups excluding carboxylic acids is 2. The van der Waals surface area contributed by atoms with Gasteiger partial charge in [-0.2, -0.15) is 4.99 Å². The molecule has 0 atom stereocenters. The van der Waals surface area contributed by atoms with Gasteiger partial charge in [-0.05, 0) is 63.2 Å². The number of ether oxygens (including phenoxy) is 1. The molecule has 1 fully saturated rings. The monoisotopic (exact) mass is 488 g/mol. The number of hydrogen-bond acceptors (Lipinski definition) is 8. The number of aryl methyl sites for hydroxylation is 4. The summed E-state index contributed by atoms with van der Waals surface area (Å²) < 4.78 is 4.68. The smallest absolute Gasteiger partial charge is 0.331 e. The Kier molecular flexibility index (Phi) is 6.65. The Balaban J connectivity index is 1.79. The third kappa shape index (κ3) is 5.07. The van der Waals surface area contributed by atoms with Crippen LogP contribution in [-0.2, 0) is 14.3 Å². The van der Waals surface area contributed by atoms with E-state index in [2.05, 4.69) is 24.7 Å². The second-order valence-corrected chi connectivity index (χ2v) is 9.07. The Bertz CT molecular complexity index is 1460. The molecule has 1 aliphatic rings. The number of guanidine groups is 1. The van der Waals surface area contributed by atoms with Crippen LogP contribution in [0.4, 0.5) is 11.6 Å². The van der Waals surface area contributed by atoms with Crippen LogP contribution in [0.15, 0.2) is 57.4 Å². The van der Waals surface area contributed by atoms with Crippen molar-refractivity contribution in [3.05, 3.63) is 69.8 Å². The number of amides is 1. The molecule has 1 saturated heterocycles. The highest BCUT2D eigenvalue weighted by atomic mass is 32.2. The zero-order chi connectivity index (χ0) is 25.3. The normalized spacial score (nSPS) is 16.5. The van der Waals surface area contributed by atoms with Crippen LogP contribution in [-0.4, -0.2) is 45.0 Å². The number of aromatic nitrogens is 2. The van der Waals surface area contributed by atoms with Gasteiger partial charge in [0.25, 0.3) is 11.9 Å². The molecule has 9 nitrogen and oxygen atoms in total. The number of nitrogens with two attached hydrogens (primary N) is 1. The number of carbonyl (C=O) groups is 2. The number of aliphatic imine (C=N–C) groups is 2. The average molecular weight is 489 g/mol. The van der Waals surface area contributed by atoms with Crippen molar-refractivity contribution in [2.75, 3.05) is 7.11 Å². The maximum atomic E-state index is 13.2. The fourth-order valence-corrected chi connectivity index (χ4v) is 4.48. The van der Waals surface area contributed by atoms with E-state index < -0.39 is 11.9 Å². The van der Waals surface area contributed by atoms with Gasteiger partial charge in [0.1, 0.15) is 0 Å². The van der Waals surface area contributed by atoms with Crippen LogP contribution in [0.1, 0.15) is 22.4 Å². The quantitative estimate of drug-likeness (QED) is 0.254. The first-order valence-corrected chi connectivity index (χ1v) is 11.5. The lowest BCUT2D eigenvalue weighted by atomic mass is 10.1. The van der Waals surface area contributed by atoms with Gasteiger partial charge in [-0.1, -0.05) is 29.3 Å². The van der Waals surface area contributed by atoms with Gasteiger partial charge in [-0.25, -0.2) is 24.7 Å². The van der Waals surface area contributed by atoms with Gasteiger partial charge in [-0.15, -0.1) is 0 Å². The minimum atomic E-state index is -0.659. The van der Waals surface area contributed by atoms with Crippen LogP contribution in [0.2, 0.25) is 0 Å². The zero-order valence-electron chi connectivity index (χ0n) is 20.0. The van der Waals surface area contributed by atoms with E-state index in [1.165, 1.54) is 7.11 Å². The van der Waals surface area contributed by atoms with E-state index in [1.54, 1.807) is 0 Å². The standard InChI is InChI=1S/C25H24N6O3S/c1-13-6-8-18(15(3)10-13)29-25-31(22(33)20(35-25)12-21(32)34-5)23(26)30-24-27-16(4)17-11-14(2)7-9-19(17)28-24/h6-12H,1-5H3,(H2,26,27,28,30). The van der Waals surface area contributed by atoms with Gasteiger partial charge < -0.3 is 10.5 Å². The summed E-state index contributed by atoms with van der Waals surface area (Å²) in [5.74, 6) is -1.25. The van der Waals surface area contributed by atoms with Crippen LogP contribution >= 0.6 is 11.8 Å². The first-order chi connectivity index (χ1) is 16.7. The van der Waals surface area contributed by atoms with Crippen molar-refractivity contribution in [3.8, 4) is 0 Å². The summed E-state index contributed by atoms with van der Waals surface area (Å²) in [6, 6.07) is 11.6. The van der Waals surface area contributed by atoms with Crippen molar-refractivity contribution in [1.82, 2.24) is 14.9 Å². The Morgan fingerprint density at radius 2 is 1.80 bits per heavy atom. The van der Waals surface area contributed by atoms with E-state index in [4.69, 9.17) is 5.73 Å². The fourth-order valence-electron chi connectivity index (χ4n) is 3.53. The van der Waals surface area contributed by atoms with Crippen molar-refractivity contribution in [2.45, 2.75) is 27.7 Å². The molecule has 4 rings (SSSR count). The number of amidine groups is 1. The lowest BCUT2D eigenvalue weighted by Crippen LogP contribution is -2.41. The minimum Gasteiger partial charge on any atom is -0.466 e. The SMILES string of the molecule is COC(=O)C=C1SC(=Nc2ccc(C)cc2C)N(C(N)=Nc2nc(C)c3cc(C)ccc3n2)C1=O. The molecule has 3 aromatic rings. The van der Waals surface area contributed by atoms with Crippen molar-refractivity contribution in [3.63, 3.8) is 0 Å². The minimum absolute atomic E-state index is 0.115. The predicted molar refractivity (Wildman–Crippen MR) is 138 cm³/mol. The molecule has 10 heteroatoms. The maximum absolute atomic E-state index is 13.2. The number of hydrogen-bond donors (Lipinski definition) is 1. The summed E-state index contributed by atoms with van der Waals surface area (Å²) in [7, 11) is 1.24. The number of rotatable bonds is 3. The molecule has 1 amide bonds. The molecule has 0 aliphatic carbocycles. The molecule has 2 N–H and O–H groups in total. The molecule has 2 aromatic carbocycles. The second-order valence-electron chi connectivity index (χ2n) is 8.06. The van der Waals surface area contributed by atoms with Gasteiger partial charge in [0.05, 0.1) is 28.9 Å². The average Bonchev–Trinajstić information content (AvgIpc) is 3.10. The Hall–Kier alpha value is -4.05. The zero-order valence-corrected chi connectivity index (χ0v) is 20.8. The van der Waals surface area contributed by atoms with Gasteiger partial charge in [-0.3, -0.25) is 4.79 Å². The number of fused-ring (bicyclic) bond motifs is 1. The van der Waals surface area contributed by atoms with Gasteiger partial charge in [0, 0.05) is 11.5 Å². The summed E-state index contributed by atoms with van der Waals surface area (Å²) in [6.07, 6.45) is 1.11. The van der Waals surface area contributed by atoms with Crippen molar-refractivity contribution in [1.29, 1.82) is 0 Å². The molecule has 0 bridgehead atoms. The largest absolute Gasteiger partial charge is 0.466 e. The van der Waals surface area contributed by atoms with E-state index in [0.29, 0.717) is 11.2 Å². The molecule has 0 spiro atoms.